The van der Waals surface area contributed by atoms with Crippen LogP contribution in [0.25, 0.3) is 0 Å². The molecule has 1 fully saturated rings. The predicted octanol–water partition coefficient (Wildman–Crippen LogP) is 2.35. The van der Waals surface area contributed by atoms with Crippen LogP contribution in [-0.4, -0.2) is 30.4 Å². The van der Waals surface area contributed by atoms with Gasteiger partial charge in [0, 0.05) is 11.9 Å². The Morgan fingerprint density at radius 3 is 2.64 bits per heavy atom. The van der Waals surface area contributed by atoms with Gasteiger partial charge in [-0.05, 0) is 32.9 Å². The first-order valence-corrected chi connectivity index (χ1v) is 5.03. The van der Waals surface area contributed by atoms with Crippen LogP contribution in [0.3, 0.4) is 0 Å². The summed E-state index contributed by atoms with van der Waals surface area (Å²) in [6.07, 6.45) is 4.30. The van der Waals surface area contributed by atoms with Crippen LogP contribution in [0.5, 0.6) is 0 Å². The summed E-state index contributed by atoms with van der Waals surface area (Å²) in [5, 5.41) is 0. The van der Waals surface area contributed by atoms with E-state index in [1.165, 1.54) is 25.8 Å². The largest absolute Gasteiger partial charge is 0.302 e. The van der Waals surface area contributed by atoms with Crippen LogP contribution in [0.15, 0.2) is 0 Å². The van der Waals surface area contributed by atoms with Gasteiger partial charge in [-0.15, -0.1) is 11.6 Å². The quantitative estimate of drug-likeness (QED) is 0.580. The molecule has 1 atom stereocenters. The van der Waals surface area contributed by atoms with Gasteiger partial charge in [-0.25, -0.2) is 0 Å². The molecule has 0 N–H and O–H groups in total. The van der Waals surface area contributed by atoms with Crippen molar-refractivity contribution in [3.63, 3.8) is 0 Å². The highest BCUT2D eigenvalue weighted by molar-refractivity contribution is 6.18. The molecule has 1 aliphatic carbocycles. The SMILES string of the molecule is CC(CCl)N(C)CCC1CC1. The van der Waals surface area contributed by atoms with Gasteiger partial charge >= 0.3 is 0 Å². The zero-order chi connectivity index (χ0) is 8.27. The van der Waals surface area contributed by atoms with E-state index >= 15 is 0 Å². The topological polar surface area (TPSA) is 3.24 Å². The fourth-order valence-electron chi connectivity index (χ4n) is 1.13. The summed E-state index contributed by atoms with van der Waals surface area (Å²) in [5.41, 5.74) is 0. The number of hydrogen-bond donors (Lipinski definition) is 0. The van der Waals surface area contributed by atoms with Crippen molar-refractivity contribution in [2.45, 2.75) is 32.2 Å². The Bertz CT molecular complexity index is 112. The van der Waals surface area contributed by atoms with Gasteiger partial charge < -0.3 is 4.90 Å². The molecule has 0 aromatic carbocycles. The van der Waals surface area contributed by atoms with Gasteiger partial charge in [0.15, 0.2) is 0 Å². The zero-order valence-corrected chi connectivity index (χ0v) is 8.27. The van der Waals surface area contributed by atoms with Crippen LogP contribution in [0, 0.1) is 5.92 Å². The normalized spacial score (nSPS) is 20.7. The fraction of sp³-hybridized carbons (Fsp3) is 1.00. The second kappa shape index (κ2) is 4.32. The third-order valence-corrected chi connectivity index (χ3v) is 3.01. The number of hydrogen-bond acceptors (Lipinski definition) is 1. The molecule has 0 radical (unpaired) electrons. The van der Waals surface area contributed by atoms with E-state index in [-0.39, 0.29) is 0 Å². The molecule has 0 amide bonds. The molecule has 0 spiro atoms. The molecule has 1 nitrogen and oxygen atoms in total. The average Bonchev–Trinajstić information content (AvgIpc) is 2.81. The Hall–Kier alpha value is 0.250. The molecule has 0 bridgehead atoms. The first kappa shape index (κ1) is 9.34. The Morgan fingerprint density at radius 1 is 1.55 bits per heavy atom. The molecule has 0 saturated heterocycles. The number of halogens is 1. The van der Waals surface area contributed by atoms with Gasteiger partial charge in [-0.1, -0.05) is 12.8 Å². The maximum atomic E-state index is 5.74. The third-order valence-electron chi connectivity index (χ3n) is 2.56. The lowest BCUT2D eigenvalue weighted by Gasteiger charge is -2.22. The Balaban J connectivity index is 2.03. The van der Waals surface area contributed by atoms with E-state index < -0.39 is 0 Å². The molecule has 1 unspecified atom stereocenters. The number of rotatable bonds is 5. The summed E-state index contributed by atoms with van der Waals surface area (Å²) >= 11 is 5.74. The first-order chi connectivity index (χ1) is 5.24. The summed E-state index contributed by atoms with van der Waals surface area (Å²) in [7, 11) is 2.16. The minimum Gasteiger partial charge on any atom is -0.302 e. The summed E-state index contributed by atoms with van der Waals surface area (Å²) in [5.74, 6) is 1.79. The van der Waals surface area contributed by atoms with Gasteiger partial charge in [-0.3, -0.25) is 0 Å². The highest BCUT2D eigenvalue weighted by Gasteiger charge is 2.21. The van der Waals surface area contributed by atoms with E-state index in [2.05, 4.69) is 18.9 Å². The van der Waals surface area contributed by atoms with Gasteiger partial charge in [0.25, 0.3) is 0 Å². The molecule has 0 aromatic rings. The lowest BCUT2D eigenvalue weighted by atomic mass is 10.2. The Labute approximate surface area is 74.7 Å². The lowest BCUT2D eigenvalue weighted by molar-refractivity contribution is 0.268. The standard InChI is InChI=1S/C9H18ClN/c1-8(7-10)11(2)6-5-9-3-4-9/h8-9H,3-7H2,1-2H3. The van der Waals surface area contributed by atoms with Crippen LogP contribution in [0.2, 0.25) is 0 Å². The Morgan fingerprint density at radius 2 is 2.18 bits per heavy atom. The van der Waals surface area contributed by atoms with Crippen LogP contribution >= 0.6 is 11.6 Å². The Kier molecular flexibility index (Phi) is 3.67. The summed E-state index contributed by atoms with van der Waals surface area (Å²) < 4.78 is 0. The van der Waals surface area contributed by atoms with E-state index in [4.69, 9.17) is 11.6 Å². The van der Waals surface area contributed by atoms with Crippen LogP contribution < -0.4 is 0 Å². The molecular formula is C9H18ClN. The smallest absolute Gasteiger partial charge is 0.0376 e. The monoisotopic (exact) mass is 175 g/mol. The van der Waals surface area contributed by atoms with Gasteiger partial charge in [0.2, 0.25) is 0 Å². The van der Waals surface area contributed by atoms with Crippen molar-refractivity contribution in [3.05, 3.63) is 0 Å². The minimum absolute atomic E-state index is 0.537. The molecule has 1 aliphatic rings. The maximum absolute atomic E-state index is 5.74. The molecule has 11 heavy (non-hydrogen) atoms. The van der Waals surface area contributed by atoms with Crippen molar-refractivity contribution in [1.29, 1.82) is 0 Å². The van der Waals surface area contributed by atoms with Crippen molar-refractivity contribution in [2.24, 2.45) is 5.92 Å². The number of alkyl halides is 1. The molecule has 66 valence electrons. The van der Waals surface area contributed by atoms with Gasteiger partial charge in [0.1, 0.15) is 0 Å². The van der Waals surface area contributed by atoms with E-state index in [9.17, 15) is 0 Å². The van der Waals surface area contributed by atoms with Gasteiger partial charge in [-0.2, -0.15) is 0 Å². The van der Waals surface area contributed by atoms with Crippen molar-refractivity contribution < 1.29 is 0 Å². The maximum Gasteiger partial charge on any atom is 0.0376 e. The average molecular weight is 176 g/mol. The molecular weight excluding hydrogens is 158 g/mol. The third kappa shape index (κ3) is 3.44. The zero-order valence-electron chi connectivity index (χ0n) is 7.52. The molecule has 2 heteroatoms. The van der Waals surface area contributed by atoms with E-state index in [0.717, 1.165) is 11.8 Å². The highest BCUT2D eigenvalue weighted by atomic mass is 35.5. The fourth-order valence-corrected chi connectivity index (χ4v) is 1.37. The molecule has 1 saturated carbocycles. The van der Waals surface area contributed by atoms with Crippen LogP contribution in [0.1, 0.15) is 26.2 Å². The summed E-state index contributed by atoms with van der Waals surface area (Å²) in [4.78, 5) is 2.35. The molecule has 0 aliphatic heterocycles. The highest BCUT2D eigenvalue weighted by Crippen LogP contribution is 2.32. The molecule has 0 aromatic heterocycles. The van der Waals surface area contributed by atoms with Crippen LogP contribution in [-0.2, 0) is 0 Å². The predicted molar refractivity (Wildman–Crippen MR) is 50.2 cm³/mol. The summed E-state index contributed by atoms with van der Waals surface area (Å²) in [6, 6.07) is 0.537. The molecule has 0 heterocycles. The van der Waals surface area contributed by atoms with Crippen molar-refractivity contribution in [3.8, 4) is 0 Å². The number of nitrogens with zero attached hydrogens (tertiary/aromatic N) is 1. The van der Waals surface area contributed by atoms with E-state index in [1.807, 2.05) is 0 Å². The first-order valence-electron chi connectivity index (χ1n) is 4.50. The second-order valence-corrected chi connectivity index (χ2v) is 4.02. The van der Waals surface area contributed by atoms with E-state index in [0.29, 0.717) is 6.04 Å². The van der Waals surface area contributed by atoms with E-state index in [1.54, 1.807) is 0 Å². The second-order valence-electron chi connectivity index (χ2n) is 3.72. The van der Waals surface area contributed by atoms with Crippen LogP contribution in [0.4, 0.5) is 0 Å². The van der Waals surface area contributed by atoms with Gasteiger partial charge in [0.05, 0.1) is 0 Å². The van der Waals surface area contributed by atoms with Crippen molar-refractivity contribution in [1.82, 2.24) is 4.90 Å². The van der Waals surface area contributed by atoms with Crippen molar-refractivity contribution >= 4 is 11.6 Å². The minimum atomic E-state index is 0.537. The molecule has 1 rings (SSSR count). The summed E-state index contributed by atoms with van der Waals surface area (Å²) in [6.45, 7) is 3.40. The lowest BCUT2D eigenvalue weighted by Crippen LogP contribution is -2.31. The van der Waals surface area contributed by atoms with Crippen molar-refractivity contribution in [2.75, 3.05) is 19.5 Å².